The number of esters is 1. The van der Waals surface area contributed by atoms with Gasteiger partial charge in [-0.1, -0.05) is 20.8 Å². The zero-order valence-electron chi connectivity index (χ0n) is 13.8. The van der Waals surface area contributed by atoms with Gasteiger partial charge >= 0.3 is 5.97 Å². The number of nitrogens with one attached hydrogen (secondary N) is 1. The highest BCUT2D eigenvalue weighted by molar-refractivity contribution is 5.75. The Morgan fingerprint density at radius 1 is 1.25 bits per heavy atom. The first kappa shape index (κ1) is 19.4. The maximum Gasteiger partial charge on any atom is 0.322 e. The molecule has 1 N–H and O–H groups in total. The van der Waals surface area contributed by atoms with E-state index in [9.17, 15) is 4.79 Å². The van der Waals surface area contributed by atoms with Crippen LogP contribution in [0.3, 0.4) is 0 Å². The number of rotatable bonds is 12. The molecule has 0 saturated heterocycles. The van der Waals surface area contributed by atoms with Crippen LogP contribution in [0.4, 0.5) is 0 Å². The number of carbonyl (C=O) groups excluding carboxylic acids is 1. The van der Waals surface area contributed by atoms with E-state index in [0.717, 1.165) is 45.6 Å². The highest BCUT2D eigenvalue weighted by atomic mass is 16.5. The Hall–Kier alpha value is -0.650. The Kier molecular flexibility index (Phi) is 11.7. The average Bonchev–Trinajstić information content (AvgIpc) is 2.43. The standard InChI is InChI=1S/C15H32N2O3/c1-6-8-16-14(15(18)20-5)7-9-17(10-11-19-4)12-13(2)3/h13-14,16H,6-12H2,1-5H3. The third kappa shape index (κ3) is 9.28. The third-order valence-electron chi connectivity index (χ3n) is 3.10. The predicted octanol–water partition coefficient (Wildman–Crippen LogP) is 1.52. The first-order valence-electron chi connectivity index (χ1n) is 7.57. The molecule has 0 aliphatic rings. The Labute approximate surface area is 124 Å². The van der Waals surface area contributed by atoms with Gasteiger partial charge in [-0.25, -0.2) is 0 Å². The van der Waals surface area contributed by atoms with Crippen LogP contribution in [0.15, 0.2) is 0 Å². The van der Waals surface area contributed by atoms with Gasteiger partial charge in [0.15, 0.2) is 0 Å². The normalized spacial score (nSPS) is 12.9. The van der Waals surface area contributed by atoms with E-state index in [1.165, 1.54) is 7.11 Å². The Balaban J connectivity index is 4.31. The van der Waals surface area contributed by atoms with Crippen molar-refractivity contribution >= 4 is 5.97 Å². The summed E-state index contributed by atoms with van der Waals surface area (Å²) in [5.41, 5.74) is 0. The van der Waals surface area contributed by atoms with Gasteiger partial charge in [0, 0.05) is 26.7 Å². The van der Waals surface area contributed by atoms with Crippen molar-refractivity contribution in [2.24, 2.45) is 5.92 Å². The second-order valence-electron chi connectivity index (χ2n) is 5.51. The van der Waals surface area contributed by atoms with Crippen LogP contribution in [-0.4, -0.2) is 63.9 Å². The predicted molar refractivity (Wildman–Crippen MR) is 81.9 cm³/mol. The van der Waals surface area contributed by atoms with E-state index in [0.29, 0.717) is 5.92 Å². The fourth-order valence-electron chi connectivity index (χ4n) is 2.11. The molecule has 5 nitrogen and oxygen atoms in total. The highest BCUT2D eigenvalue weighted by Gasteiger charge is 2.19. The van der Waals surface area contributed by atoms with E-state index >= 15 is 0 Å². The average molecular weight is 288 g/mol. The van der Waals surface area contributed by atoms with Crippen molar-refractivity contribution in [3.8, 4) is 0 Å². The zero-order chi connectivity index (χ0) is 15.4. The second-order valence-corrected chi connectivity index (χ2v) is 5.51. The van der Waals surface area contributed by atoms with Crippen molar-refractivity contribution in [3.63, 3.8) is 0 Å². The molecule has 20 heavy (non-hydrogen) atoms. The molecule has 1 atom stereocenters. The van der Waals surface area contributed by atoms with Crippen molar-refractivity contribution in [2.45, 2.75) is 39.7 Å². The van der Waals surface area contributed by atoms with E-state index in [1.54, 1.807) is 7.11 Å². The first-order valence-corrected chi connectivity index (χ1v) is 7.57. The summed E-state index contributed by atoms with van der Waals surface area (Å²) in [5.74, 6) is 0.432. The summed E-state index contributed by atoms with van der Waals surface area (Å²) < 4.78 is 10.0. The van der Waals surface area contributed by atoms with Gasteiger partial charge in [0.1, 0.15) is 6.04 Å². The molecule has 0 spiro atoms. The molecule has 120 valence electrons. The maximum atomic E-state index is 11.7. The largest absolute Gasteiger partial charge is 0.468 e. The summed E-state index contributed by atoms with van der Waals surface area (Å²) in [6, 6.07) is -0.211. The lowest BCUT2D eigenvalue weighted by atomic mass is 10.1. The van der Waals surface area contributed by atoms with Gasteiger partial charge in [-0.3, -0.25) is 4.79 Å². The van der Waals surface area contributed by atoms with Gasteiger partial charge in [0.25, 0.3) is 0 Å². The smallest absolute Gasteiger partial charge is 0.322 e. The SMILES string of the molecule is CCCNC(CCN(CCOC)CC(C)C)C(=O)OC. The summed E-state index contributed by atoms with van der Waals surface area (Å²) in [4.78, 5) is 14.1. The van der Waals surface area contributed by atoms with Crippen molar-refractivity contribution in [2.75, 3.05) is 47.0 Å². The van der Waals surface area contributed by atoms with E-state index in [-0.39, 0.29) is 12.0 Å². The lowest BCUT2D eigenvalue weighted by Gasteiger charge is -2.26. The van der Waals surface area contributed by atoms with Gasteiger partial charge in [0.05, 0.1) is 13.7 Å². The van der Waals surface area contributed by atoms with Crippen molar-refractivity contribution in [1.29, 1.82) is 0 Å². The summed E-state index contributed by atoms with van der Waals surface area (Å²) in [6.45, 7) is 10.8. The molecule has 1 unspecified atom stereocenters. The maximum absolute atomic E-state index is 11.7. The number of carbonyl (C=O) groups is 1. The zero-order valence-corrected chi connectivity index (χ0v) is 13.8. The van der Waals surface area contributed by atoms with E-state index in [2.05, 4.69) is 31.0 Å². The highest BCUT2D eigenvalue weighted by Crippen LogP contribution is 2.03. The third-order valence-corrected chi connectivity index (χ3v) is 3.10. The number of methoxy groups -OCH3 is 2. The monoisotopic (exact) mass is 288 g/mol. The minimum absolute atomic E-state index is 0.172. The van der Waals surface area contributed by atoms with Gasteiger partial charge in [-0.05, 0) is 25.3 Å². The summed E-state index contributed by atoms with van der Waals surface area (Å²) in [7, 11) is 3.16. The van der Waals surface area contributed by atoms with Crippen LogP contribution >= 0.6 is 0 Å². The fourth-order valence-corrected chi connectivity index (χ4v) is 2.11. The van der Waals surface area contributed by atoms with Crippen LogP contribution in [0.25, 0.3) is 0 Å². The number of ether oxygens (including phenoxy) is 2. The summed E-state index contributed by atoms with van der Waals surface area (Å²) in [5, 5.41) is 3.25. The van der Waals surface area contributed by atoms with E-state index in [4.69, 9.17) is 9.47 Å². The van der Waals surface area contributed by atoms with Gasteiger partial charge in [-0.2, -0.15) is 0 Å². The van der Waals surface area contributed by atoms with Gasteiger partial charge in [-0.15, -0.1) is 0 Å². The van der Waals surface area contributed by atoms with Crippen LogP contribution in [0.1, 0.15) is 33.6 Å². The Bertz CT molecular complexity index is 247. The second kappa shape index (κ2) is 12.1. The summed E-state index contributed by atoms with van der Waals surface area (Å²) >= 11 is 0. The molecule has 0 amide bonds. The molecular formula is C15H32N2O3. The number of hydrogen-bond acceptors (Lipinski definition) is 5. The molecule has 0 radical (unpaired) electrons. The van der Waals surface area contributed by atoms with Crippen LogP contribution in [0.5, 0.6) is 0 Å². The van der Waals surface area contributed by atoms with E-state index in [1.807, 2.05) is 0 Å². The summed E-state index contributed by atoms with van der Waals surface area (Å²) in [6.07, 6.45) is 1.77. The fraction of sp³-hybridized carbons (Fsp3) is 0.933. The molecule has 0 saturated carbocycles. The molecule has 0 aliphatic heterocycles. The van der Waals surface area contributed by atoms with Gasteiger partial charge in [0.2, 0.25) is 0 Å². The topological polar surface area (TPSA) is 50.8 Å². The van der Waals surface area contributed by atoms with Crippen LogP contribution in [0.2, 0.25) is 0 Å². The first-order chi connectivity index (χ1) is 9.54. The molecule has 0 bridgehead atoms. The quantitative estimate of drug-likeness (QED) is 0.552. The Morgan fingerprint density at radius 3 is 2.45 bits per heavy atom. The lowest BCUT2D eigenvalue weighted by Crippen LogP contribution is -2.42. The molecule has 0 aromatic heterocycles. The lowest BCUT2D eigenvalue weighted by molar-refractivity contribution is -0.143. The minimum Gasteiger partial charge on any atom is -0.468 e. The Morgan fingerprint density at radius 2 is 1.95 bits per heavy atom. The van der Waals surface area contributed by atoms with Crippen LogP contribution in [-0.2, 0) is 14.3 Å². The molecule has 0 heterocycles. The molecule has 0 fully saturated rings. The van der Waals surface area contributed by atoms with Gasteiger partial charge < -0.3 is 19.7 Å². The number of nitrogens with zero attached hydrogens (tertiary/aromatic N) is 1. The molecule has 0 rings (SSSR count). The van der Waals surface area contributed by atoms with Crippen molar-refractivity contribution in [3.05, 3.63) is 0 Å². The van der Waals surface area contributed by atoms with Crippen LogP contribution < -0.4 is 5.32 Å². The molecule has 0 aromatic carbocycles. The molecule has 0 aromatic rings. The van der Waals surface area contributed by atoms with Crippen molar-refractivity contribution < 1.29 is 14.3 Å². The molecule has 0 aliphatic carbocycles. The minimum atomic E-state index is -0.211. The molecule has 5 heteroatoms. The van der Waals surface area contributed by atoms with Crippen molar-refractivity contribution in [1.82, 2.24) is 10.2 Å². The molecular weight excluding hydrogens is 256 g/mol. The van der Waals surface area contributed by atoms with Crippen LogP contribution in [0, 0.1) is 5.92 Å². The van der Waals surface area contributed by atoms with E-state index < -0.39 is 0 Å². The number of hydrogen-bond donors (Lipinski definition) is 1.